The summed E-state index contributed by atoms with van der Waals surface area (Å²) in [7, 11) is 0. The van der Waals surface area contributed by atoms with E-state index in [4.69, 9.17) is 4.42 Å². The first-order valence-electron chi connectivity index (χ1n) is 8.14. The third kappa shape index (κ3) is 4.78. The van der Waals surface area contributed by atoms with Gasteiger partial charge in [0.1, 0.15) is 0 Å². The number of nitrogens with zero attached hydrogens (tertiary/aromatic N) is 3. The quantitative estimate of drug-likeness (QED) is 0.904. The summed E-state index contributed by atoms with van der Waals surface area (Å²) in [4.78, 5) is 2.44. The van der Waals surface area contributed by atoms with E-state index in [1.807, 2.05) is 0 Å². The van der Waals surface area contributed by atoms with Gasteiger partial charge in [-0.05, 0) is 45.7 Å². The van der Waals surface area contributed by atoms with Crippen LogP contribution < -0.4 is 5.32 Å². The highest BCUT2D eigenvalue weighted by atomic mass is 16.4. The molecular formula is C16H30N4O. The van der Waals surface area contributed by atoms with Crippen molar-refractivity contribution in [1.82, 2.24) is 20.4 Å². The second kappa shape index (κ2) is 6.88. The van der Waals surface area contributed by atoms with E-state index in [0.29, 0.717) is 6.04 Å². The standard InChI is InChI=1S/C16H30N4O/c1-12(2)20(10-13-7-6-8-17-9-13)11-14-18-19-15(21-14)16(3,4)5/h12-13,17H,6-11H2,1-5H3. The minimum atomic E-state index is -0.0821. The maximum Gasteiger partial charge on any atom is 0.230 e. The zero-order valence-corrected chi connectivity index (χ0v) is 14.1. The Bertz CT molecular complexity index is 430. The highest BCUT2D eigenvalue weighted by molar-refractivity contribution is 4.96. The highest BCUT2D eigenvalue weighted by Gasteiger charge is 2.24. The molecule has 0 radical (unpaired) electrons. The van der Waals surface area contributed by atoms with Gasteiger partial charge in [0, 0.05) is 18.0 Å². The van der Waals surface area contributed by atoms with E-state index < -0.39 is 0 Å². The highest BCUT2D eigenvalue weighted by Crippen LogP contribution is 2.21. The van der Waals surface area contributed by atoms with Crippen LogP contribution in [0.15, 0.2) is 4.42 Å². The van der Waals surface area contributed by atoms with Crippen LogP contribution in [0.2, 0.25) is 0 Å². The molecule has 2 heterocycles. The number of nitrogens with one attached hydrogen (secondary N) is 1. The zero-order valence-electron chi connectivity index (χ0n) is 14.1. The molecule has 2 rings (SSSR count). The molecule has 5 nitrogen and oxygen atoms in total. The molecule has 1 aromatic heterocycles. The molecule has 0 saturated carbocycles. The molecule has 21 heavy (non-hydrogen) atoms. The Morgan fingerprint density at radius 3 is 2.62 bits per heavy atom. The molecule has 1 unspecified atom stereocenters. The first kappa shape index (κ1) is 16.4. The van der Waals surface area contributed by atoms with Crippen molar-refractivity contribution in [3.05, 3.63) is 11.8 Å². The summed E-state index contributed by atoms with van der Waals surface area (Å²) < 4.78 is 5.84. The van der Waals surface area contributed by atoms with E-state index in [0.717, 1.165) is 43.9 Å². The molecule has 1 fully saturated rings. The molecule has 0 aliphatic carbocycles. The van der Waals surface area contributed by atoms with Crippen molar-refractivity contribution in [1.29, 1.82) is 0 Å². The normalized spacial score (nSPS) is 20.4. The SMILES string of the molecule is CC(C)N(Cc1nnc(C(C)(C)C)o1)CC1CCCNC1. The van der Waals surface area contributed by atoms with Crippen LogP contribution in [0.4, 0.5) is 0 Å². The summed E-state index contributed by atoms with van der Waals surface area (Å²) in [5.74, 6) is 2.18. The van der Waals surface area contributed by atoms with Gasteiger partial charge in [-0.25, -0.2) is 0 Å². The van der Waals surface area contributed by atoms with Crippen LogP contribution in [0.5, 0.6) is 0 Å². The lowest BCUT2D eigenvalue weighted by Gasteiger charge is -2.31. The topological polar surface area (TPSA) is 54.2 Å². The smallest absolute Gasteiger partial charge is 0.230 e. The van der Waals surface area contributed by atoms with Crippen molar-refractivity contribution in [3.8, 4) is 0 Å². The van der Waals surface area contributed by atoms with Crippen molar-refractivity contribution in [2.45, 2.75) is 65.5 Å². The molecule has 0 spiro atoms. The zero-order chi connectivity index (χ0) is 15.5. The van der Waals surface area contributed by atoms with Gasteiger partial charge < -0.3 is 9.73 Å². The van der Waals surface area contributed by atoms with Crippen molar-refractivity contribution >= 4 is 0 Å². The van der Waals surface area contributed by atoms with Crippen LogP contribution in [0.1, 0.15) is 59.2 Å². The minimum absolute atomic E-state index is 0.0821. The number of piperidine rings is 1. The fourth-order valence-corrected chi connectivity index (χ4v) is 2.66. The van der Waals surface area contributed by atoms with E-state index in [9.17, 15) is 0 Å². The van der Waals surface area contributed by atoms with E-state index in [-0.39, 0.29) is 5.41 Å². The Hall–Kier alpha value is -0.940. The van der Waals surface area contributed by atoms with Crippen molar-refractivity contribution in [2.75, 3.05) is 19.6 Å². The van der Waals surface area contributed by atoms with Crippen molar-refractivity contribution in [2.24, 2.45) is 5.92 Å². The molecule has 0 amide bonds. The Labute approximate surface area is 128 Å². The van der Waals surface area contributed by atoms with Crippen LogP contribution in [0, 0.1) is 5.92 Å². The predicted octanol–water partition coefficient (Wildman–Crippen LogP) is 2.58. The molecule has 0 bridgehead atoms. The van der Waals surface area contributed by atoms with Crippen LogP contribution in [0.3, 0.4) is 0 Å². The number of rotatable bonds is 5. The summed E-state index contributed by atoms with van der Waals surface area (Å²) in [5.41, 5.74) is -0.0821. The fourth-order valence-electron chi connectivity index (χ4n) is 2.66. The lowest BCUT2D eigenvalue weighted by Crippen LogP contribution is -2.40. The second-order valence-electron chi connectivity index (χ2n) is 7.49. The van der Waals surface area contributed by atoms with Crippen molar-refractivity contribution in [3.63, 3.8) is 0 Å². The lowest BCUT2D eigenvalue weighted by atomic mass is 9.97. The molecule has 1 aliphatic heterocycles. The number of aromatic nitrogens is 2. The summed E-state index contributed by atoms with van der Waals surface area (Å²) in [6.07, 6.45) is 2.60. The van der Waals surface area contributed by atoms with Gasteiger partial charge >= 0.3 is 0 Å². The van der Waals surface area contributed by atoms with Crippen LogP contribution in [0.25, 0.3) is 0 Å². The number of hydrogen-bond acceptors (Lipinski definition) is 5. The lowest BCUT2D eigenvalue weighted by molar-refractivity contribution is 0.148. The largest absolute Gasteiger partial charge is 0.423 e. The van der Waals surface area contributed by atoms with E-state index in [2.05, 4.69) is 55.0 Å². The Morgan fingerprint density at radius 2 is 2.10 bits per heavy atom. The van der Waals surface area contributed by atoms with Gasteiger partial charge in [-0.15, -0.1) is 10.2 Å². The summed E-state index contributed by atoms with van der Waals surface area (Å²) in [5, 5.41) is 11.9. The van der Waals surface area contributed by atoms with Gasteiger partial charge in [-0.1, -0.05) is 20.8 Å². The van der Waals surface area contributed by atoms with Gasteiger partial charge in [0.2, 0.25) is 11.8 Å². The monoisotopic (exact) mass is 294 g/mol. The Balaban J connectivity index is 1.97. The molecule has 1 aromatic rings. The number of hydrogen-bond donors (Lipinski definition) is 1. The Morgan fingerprint density at radius 1 is 1.33 bits per heavy atom. The maximum atomic E-state index is 5.84. The molecule has 5 heteroatoms. The third-order valence-electron chi connectivity index (χ3n) is 4.07. The summed E-state index contributed by atoms with van der Waals surface area (Å²) >= 11 is 0. The van der Waals surface area contributed by atoms with Crippen molar-refractivity contribution < 1.29 is 4.42 Å². The van der Waals surface area contributed by atoms with E-state index >= 15 is 0 Å². The minimum Gasteiger partial charge on any atom is -0.423 e. The molecule has 1 saturated heterocycles. The van der Waals surface area contributed by atoms with E-state index in [1.165, 1.54) is 12.8 Å². The van der Waals surface area contributed by atoms with Gasteiger partial charge in [-0.3, -0.25) is 4.90 Å². The molecular weight excluding hydrogens is 264 g/mol. The molecule has 120 valence electrons. The Kier molecular flexibility index (Phi) is 5.38. The molecule has 1 N–H and O–H groups in total. The molecule has 0 aromatic carbocycles. The fraction of sp³-hybridized carbons (Fsp3) is 0.875. The van der Waals surface area contributed by atoms with E-state index in [1.54, 1.807) is 0 Å². The van der Waals surface area contributed by atoms with Gasteiger partial charge in [0.25, 0.3) is 0 Å². The first-order chi connectivity index (χ1) is 9.86. The van der Waals surface area contributed by atoms with Gasteiger partial charge in [-0.2, -0.15) is 0 Å². The summed E-state index contributed by atoms with van der Waals surface area (Å²) in [6.45, 7) is 14.9. The first-order valence-corrected chi connectivity index (χ1v) is 8.14. The van der Waals surface area contributed by atoms with Crippen LogP contribution in [-0.4, -0.2) is 40.8 Å². The summed E-state index contributed by atoms with van der Waals surface area (Å²) in [6, 6.07) is 0.483. The predicted molar refractivity (Wildman–Crippen MR) is 84.1 cm³/mol. The maximum absolute atomic E-state index is 5.84. The average molecular weight is 294 g/mol. The van der Waals surface area contributed by atoms with Gasteiger partial charge in [0.15, 0.2) is 0 Å². The van der Waals surface area contributed by atoms with Gasteiger partial charge in [0.05, 0.1) is 6.54 Å². The van der Waals surface area contributed by atoms with Crippen LogP contribution >= 0.6 is 0 Å². The molecule has 1 aliphatic rings. The second-order valence-corrected chi connectivity index (χ2v) is 7.49. The van der Waals surface area contributed by atoms with Crippen LogP contribution in [-0.2, 0) is 12.0 Å². The molecule has 1 atom stereocenters. The third-order valence-corrected chi connectivity index (χ3v) is 4.07. The average Bonchev–Trinajstić information content (AvgIpc) is 2.87.